The molecule has 0 N–H and O–H groups in total. The first-order valence-electron chi connectivity index (χ1n) is 9.41. The van der Waals surface area contributed by atoms with Gasteiger partial charge in [-0.15, -0.1) is 14.1 Å². The molecule has 0 unspecified atom stereocenters. The number of ketones is 1. The van der Waals surface area contributed by atoms with Gasteiger partial charge in [0.05, 0.1) is 5.52 Å². The van der Waals surface area contributed by atoms with Crippen molar-refractivity contribution in [3.8, 4) is 0 Å². The van der Waals surface area contributed by atoms with Gasteiger partial charge < -0.3 is 4.74 Å². The maximum absolute atomic E-state index is 12.6. The lowest BCUT2D eigenvalue weighted by atomic mass is 10.0. The lowest BCUT2D eigenvalue weighted by Gasteiger charge is -2.26. The highest BCUT2D eigenvalue weighted by Crippen LogP contribution is 2.21. The molecule has 0 bridgehead atoms. The standard InChI is InChI=1S/C21H26BrN3O2Si/c1-15-10-16(12-19(26)18-6-5-7-20(22)23-18)11-17-13-25(24-21(15)17)14-27-8-9-28(2,3)4/h5-7,10-11,13H,8-9,12,14H2,1-4H3/q-1. The molecule has 3 aromatic rings. The number of hydrogen-bond donors (Lipinski definition) is 0. The van der Waals surface area contributed by atoms with Gasteiger partial charge in [-0.3, -0.25) is 4.79 Å². The van der Waals surface area contributed by atoms with Gasteiger partial charge in [-0.05, 0) is 52.2 Å². The Kier molecular flexibility index (Phi) is 6.47. The van der Waals surface area contributed by atoms with Crippen molar-refractivity contribution in [1.82, 2.24) is 14.8 Å². The Balaban J connectivity index is 1.71. The van der Waals surface area contributed by atoms with Crippen LogP contribution in [0.15, 0.2) is 41.1 Å². The summed E-state index contributed by atoms with van der Waals surface area (Å²) in [5.41, 5.74) is 3.45. The number of ether oxygens (including phenoxy) is 1. The summed E-state index contributed by atoms with van der Waals surface area (Å²) in [6, 6.07) is 10.6. The summed E-state index contributed by atoms with van der Waals surface area (Å²) in [4.78, 5) is 16.8. The minimum absolute atomic E-state index is 0.00196. The van der Waals surface area contributed by atoms with E-state index in [-0.39, 0.29) is 5.78 Å². The predicted molar refractivity (Wildman–Crippen MR) is 119 cm³/mol. The zero-order valence-electron chi connectivity index (χ0n) is 16.8. The molecule has 3 rings (SSSR count). The zero-order chi connectivity index (χ0) is 20.3. The first-order valence-corrected chi connectivity index (χ1v) is 13.9. The average molecular weight is 460 g/mol. The van der Waals surface area contributed by atoms with E-state index in [0.29, 0.717) is 23.4 Å². The van der Waals surface area contributed by atoms with Crippen LogP contribution in [0.5, 0.6) is 0 Å². The summed E-state index contributed by atoms with van der Waals surface area (Å²) < 4.78 is 8.30. The quantitative estimate of drug-likeness (QED) is 0.200. The van der Waals surface area contributed by atoms with Crippen LogP contribution in [0.4, 0.5) is 0 Å². The van der Waals surface area contributed by atoms with Crippen LogP contribution < -0.4 is 0 Å². The smallest absolute Gasteiger partial charge is 0.185 e. The van der Waals surface area contributed by atoms with Crippen molar-refractivity contribution in [3.63, 3.8) is 0 Å². The number of aromatic nitrogens is 3. The Hall–Kier alpha value is -1.83. The van der Waals surface area contributed by atoms with Crippen LogP contribution in [0.2, 0.25) is 25.7 Å². The number of halogens is 1. The first kappa shape index (κ1) is 20.9. The van der Waals surface area contributed by atoms with E-state index in [2.05, 4.69) is 45.7 Å². The van der Waals surface area contributed by atoms with Gasteiger partial charge in [0.1, 0.15) is 17.0 Å². The van der Waals surface area contributed by atoms with Crippen molar-refractivity contribution in [1.29, 1.82) is 0 Å². The van der Waals surface area contributed by atoms with Crippen molar-refractivity contribution >= 4 is 40.7 Å². The van der Waals surface area contributed by atoms with Gasteiger partial charge >= 0.3 is 0 Å². The normalized spacial score (nSPS) is 11.9. The molecule has 0 amide bonds. The highest BCUT2D eigenvalue weighted by Gasteiger charge is 2.12. The summed E-state index contributed by atoms with van der Waals surface area (Å²) in [5, 5.41) is 5.66. The summed E-state index contributed by atoms with van der Waals surface area (Å²) in [6.45, 7) is 10.3. The number of aryl methyl sites for hydroxylation is 1. The van der Waals surface area contributed by atoms with Crippen molar-refractivity contribution in [3.05, 3.63) is 58.0 Å². The number of rotatable bonds is 8. The minimum atomic E-state index is -1.09. The molecule has 2 aromatic heterocycles. The van der Waals surface area contributed by atoms with Crippen molar-refractivity contribution < 1.29 is 9.53 Å². The maximum atomic E-state index is 12.6. The van der Waals surface area contributed by atoms with Crippen molar-refractivity contribution in [2.45, 2.75) is 45.8 Å². The average Bonchev–Trinajstić information content (AvgIpc) is 3.01. The molecule has 0 radical (unpaired) electrons. The van der Waals surface area contributed by atoms with Crippen LogP contribution in [-0.4, -0.2) is 35.2 Å². The molecule has 7 heteroatoms. The van der Waals surface area contributed by atoms with Crippen molar-refractivity contribution in [2.24, 2.45) is 0 Å². The lowest BCUT2D eigenvalue weighted by molar-refractivity contribution is 0.0791. The molecule has 1 aromatic carbocycles. The highest BCUT2D eigenvalue weighted by molar-refractivity contribution is 9.10. The molecule has 0 aliphatic heterocycles. The van der Waals surface area contributed by atoms with Crippen LogP contribution in [0.1, 0.15) is 21.6 Å². The lowest BCUT2D eigenvalue weighted by Crippen LogP contribution is -2.22. The van der Waals surface area contributed by atoms with Gasteiger partial charge in [0.2, 0.25) is 0 Å². The Morgan fingerprint density at radius 2 is 2.04 bits per heavy atom. The monoisotopic (exact) mass is 459 g/mol. The number of carbonyl (C=O) groups is 1. The number of Topliss-reactive ketones (excluding diaryl/α,β-unsaturated/α-hetero) is 1. The van der Waals surface area contributed by atoms with Gasteiger partial charge in [-0.2, -0.15) is 24.7 Å². The largest absolute Gasteiger partial charge is 0.362 e. The minimum Gasteiger partial charge on any atom is -0.362 e. The van der Waals surface area contributed by atoms with Gasteiger partial charge in [0.25, 0.3) is 0 Å². The zero-order valence-corrected chi connectivity index (χ0v) is 19.4. The molecule has 0 saturated heterocycles. The second kappa shape index (κ2) is 8.67. The highest BCUT2D eigenvalue weighted by atomic mass is 79.9. The molecule has 149 valence electrons. The number of fused-ring (bicyclic) bond motifs is 1. The van der Waals surface area contributed by atoms with Crippen LogP contribution in [0.25, 0.3) is 10.9 Å². The fraction of sp³-hybridized carbons (Fsp3) is 0.381. The van der Waals surface area contributed by atoms with Gasteiger partial charge in [0, 0.05) is 24.6 Å². The summed E-state index contributed by atoms with van der Waals surface area (Å²) in [6.07, 6.45) is 2.31. The number of carbonyl (C=O) groups excluding carboxylic acids is 1. The summed E-state index contributed by atoms with van der Waals surface area (Å²) >= 11 is 3.32. The van der Waals surface area contributed by atoms with Crippen LogP contribution in [0, 0.1) is 6.92 Å². The molecule has 28 heavy (non-hydrogen) atoms. The van der Waals surface area contributed by atoms with Crippen LogP contribution in [-0.2, 0) is 17.9 Å². The molecule has 0 spiro atoms. The van der Waals surface area contributed by atoms with E-state index in [1.807, 2.05) is 42.1 Å². The molecule has 0 aliphatic rings. The molecule has 0 saturated carbocycles. The number of benzene rings is 1. The third-order valence-corrected chi connectivity index (χ3v) is 6.64. The second-order valence-corrected chi connectivity index (χ2v) is 14.7. The summed E-state index contributed by atoms with van der Waals surface area (Å²) in [7, 11) is -1.09. The molecule has 0 aliphatic carbocycles. The summed E-state index contributed by atoms with van der Waals surface area (Å²) in [5.74, 6) is 0.00196. The maximum Gasteiger partial charge on any atom is 0.185 e. The topological polar surface area (TPSA) is 57.0 Å². The Labute approximate surface area is 175 Å². The van der Waals surface area contributed by atoms with Crippen LogP contribution >= 0.6 is 15.9 Å². The van der Waals surface area contributed by atoms with Crippen LogP contribution in [0.3, 0.4) is 0 Å². The van der Waals surface area contributed by atoms with Gasteiger partial charge in [0.15, 0.2) is 5.78 Å². The number of pyridine rings is 1. The molecule has 0 fully saturated rings. The number of nitrogens with zero attached hydrogens (tertiary/aromatic N) is 3. The fourth-order valence-electron chi connectivity index (χ4n) is 2.98. The molecular weight excluding hydrogens is 434 g/mol. The molecule has 2 heterocycles. The predicted octanol–water partition coefficient (Wildman–Crippen LogP) is 5.24. The van der Waals surface area contributed by atoms with E-state index in [1.165, 1.54) is 0 Å². The van der Waals surface area contributed by atoms with Gasteiger partial charge in [-0.1, -0.05) is 12.1 Å². The Bertz CT molecular complexity index is 995. The number of hydrogen-bond acceptors (Lipinski definition) is 4. The molecule has 0 atom stereocenters. The van der Waals surface area contributed by atoms with Crippen molar-refractivity contribution in [2.75, 3.05) is 6.61 Å². The fourth-order valence-corrected chi connectivity index (χ4v) is 4.08. The van der Waals surface area contributed by atoms with E-state index in [9.17, 15) is 4.79 Å². The third kappa shape index (κ3) is 5.59. The first-order chi connectivity index (χ1) is 13.2. The van der Waals surface area contributed by atoms with E-state index in [1.54, 1.807) is 6.07 Å². The van der Waals surface area contributed by atoms with Gasteiger partial charge in [-0.25, -0.2) is 9.67 Å². The van der Waals surface area contributed by atoms with E-state index >= 15 is 0 Å². The Morgan fingerprint density at radius 3 is 2.75 bits per heavy atom. The Morgan fingerprint density at radius 1 is 1.25 bits per heavy atom. The van der Waals surface area contributed by atoms with E-state index in [0.717, 1.165) is 34.7 Å². The molecule has 5 nitrogen and oxygen atoms in total. The SMILES string of the molecule is Cc1cc(CC(=O)c2cccc(Br)n2)cc2cn(COCC[Si-](C)(C)C)nc12. The molecular formula is C21H26BrN3O2Si-. The second-order valence-electron chi connectivity index (χ2n) is 8.31. The van der Waals surface area contributed by atoms with E-state index < -0.39 is 8.07 Å². The third-order valence-electron chi connectivity index (χ3n) is 4.49. The van der Waals surface area contributed by atoms with E-state index in [4.69, 9.17) is 4.74 Å².